The van der Waals surface area contributed by atoms with E-state index in [0.717, 1.165) is 11.1 Å². The first-order chi connectivity index (χ1) is 16.6. The second-order valence-corrected chi connectivity index (χ2v) is 10.9. The summed E-state index contributed by atoms with van der Waals surface area (Å²) < 4.78 is 30.6. The van der Waals surface area contributed by atoms with Crippen LogP contribution in [-0.2, 0) is 22.8 Å². The molecule has 3 amide bonds. The Morgan fingerprint density at radius 3 is 2.49 bits per heavy atom. The number of nitrogens with zero attached hydrogens (tertiary/aromatic N) is 2. The molecule has 2 heterocycles. The van der Waals surface area contributed by atoms with Gasteiger partial charge >= 0.3 is 16.2 Å². The fraction of sp³-hybridized carbons (Fsp3) is 0.304. The summed E-state index contributed by atoms with van der Waals surface area (Å²) in [5.41, 5.74) is 0.822. The van der Waals surface area contributed by atoms with Crippen molar-refractivity contribution in [2.24, 2.45) is 7.05 Å². The first-order valence-electron chi connectivity index (χ1n) is 10.9. The number of aryl methyl sites for hydroxylation is 1. The van der Waals surface area contributed by atoms with E-state index in [1.165, 1.54) is 11.4 Å². The summed E-state index contributed by atoms with van der Waals surface area (Å²) >= 11 is 12.5. The van der Waals surface area contributed by atoms with Gasteiger partial charge in [0.05, 0.1) is 15.6 Å². The van der Waals surface area contributed by atoms with E-state index in [1.54, 1.807) is 29.8 Å². The number of rotatable bonds is 5. The van der Waals surface area contributed by atoms with Gasteiger partial charge in [-0.1, -0.05) is 53.5 Å². The monoisotopic (exact) mass is 537 g/mol. The van der Waals surface area contributed by atoms with Crippen molar-refractivity contribution in [2.45, 2.75) is 18.4 Å². The summed E-state index contributed by atoms with van der Waals surface area (Å²) in [5, 5.41) is 6.72. The molecule has 0 bridgehead atoms. The first kappa shape index (κ1) is 25.3. The maximum Gasteiger partial charge on any atom is 0.329 e. The lowest BCUT2D eigenvalue weighted by Gasteiger charge is -2.43. The molecule has 0 aliphatic carbocycles. The third-order valence-corrected chi connectivity index (χ3v) is 8.52. The molecule has 1 aliphatic heterocycles. The largest absolute Gasteiger partial charge is 0.340 e. The minimum Gasteiger partial charge on any atom is -0.340 e. The minimum absolute atomic E-state index is 0.0500. The molecule has 3 aromatic rings. The van der Waals surface area contributed by atoms with Crippen LogP contribution >= 0.6 is 23.2 Å². The molecule has 4 rings (SSSR count). The van der Waals surface area contributed by atoms with Crippen molar-refractivity contribution >= 4 is 56.3 Å². The lowest BCUT2D eigenvalue weighted by molar-refractivity contribution is 0.0835. The highest BCUT2D eigenvalue weighted by atomic mass is 35.5. The summed E-state index contributed by atoms with van der Waals surface area (Å²) in [6.07, 6.45) is 0.978. The molecule has 1 fully saturated rings. The van der Waals surface area contributed by atoms with Crippen LogP contribution in [0.5, 0.6) is 0 Å². The Morgan fingerprint density at radius 2 is 1.80 bits per heavy atom. The van der Waals surface area contributed by atoms with Crippen LogP contribution in [0.4, 0.5) is 4.79 Å². The van der Waals surface area contributed by atoms with Crippen molar-refractivity contribution in [3.05, 3.63) is 69.8 Å². The Balaban J connectivity index is 1.72. The van der Waals surface area contributed by atoms with Crippen molar-refractivity contribution in [3.8, 4) is 0 Å². The number of carbonyl (C=O) groups excluding carboxylic acids is 2. The van der Waals surface area contributed by atoms with E-state index in [9.17, 15) is 18.0 Å². The third kappa shape index (κ3) is 4.84. The average molecular weight is 538 g/mol. The van der Waals surface area contributed by atoms with Crippen LogP contribution in [-0.4, -0.2) is 49.4 Å². The van der Waals surface area contributed by atoms with Gasteiger partial charge in [0.15, 0.2) is 0 Å². The molecule has 186 valence electrons. The van der Waals surface area contributed by atoms with Crippen molar-refractivity contribution in [3.63, 3.8) is 0 Å². The van der Waals surface area contributed by atoms with Crippen molar-refractivity contribution < 1.29 is 18.0 Å². The van der Waals surface area contributed by atoms with Crippen LogP contribution in [0, 0.1) is 0 Å². The molecule has 35 heavy (non-hydrogen) atoms. The molecule has 9 nitrogen and oxygen atoms in total. The van der Waals surface area contributed by atoms with Crippen LogP contribution in [0.15, 0.2) is 48.5 Å². The molecule has 1 aromatic heterocycles. The van der Waals surface area contributed by atoms with Crippen LogP contribution in [0.2, 0.25) is 10.0 Å². The Bertz CT molecular complexity index is 1390. The molecule has 0 radical (unpaired) electrons. The highest BCUT2D eigenvalue weighted by Crippen LogP contribution is 2.35. The van der Waals surface area contributed by atoms with E-state index in [0.29, 0.717) is 34.0 Å². The van der Waals surface area contributed by atoms with Gasteiger partial charge in [-0.3, -0.25) is 4.79 Å². The number of nitrogens with one attached hydrogen (secondary N) is 3. The van der Waals surface area contributed by atoms with Crippen LogP contribution < -0.4 is 15.4 Å². The SMILES string of the molecule is CNC(=O)NS(=O)(=O)N1CCCC(NC(=O)c2cc3c(Cl)c(Cl)ccc3n2C)(c2ccccc2)C1. The number of halogens is 2. The van der Waals surface area contributed by atoms with Crippen molar-refractivity contribution in [1.29, 1.82) is 0 Å². The number of fused-ring (bicyclic) bond motifs is 1. The fourth-order valence-electron chi connectivity index (χ4n) is 4.47. The van der Waals surface area contributed by atoms with Gasteiger partial charge < -0.3 is 15.2 Å². The third-order valence-electron chi connectivity index (χ3n) is 6.27. The second-order valence-electron chi connectivity index (χ2n) is 8.41. The van der Waals surface area contributed by atoms with E-state index < -0.39 is 27.7 Å². The van der Waals surface area contributed by atoms with E-state index in [-0.39, 0.29) is 13.1 Å². The van der Waals surface area contributed by atoms with Crippen LogP contribution in [0.3, 0.4) is 0 Å². The molecule has 1 saturated heterocycles. The average Bonchev–Trinajstić information content (AvgIpc) is 3.19. The zero-order chi connectivity index (χ0) is 25.4. The zero-order valence-electron chi connectivity index (χ0n) is 19.1. The standard InChI is InChI=1S/C23H25Cl2N5O4S/c1-26-22(32)28-35(33,34)30-12-6-11-23(14-30,15-7-4-3-5-8-15)27-21(31)19-13-16-18(29(19)2)10-9-17(24)20(16)25/h3-5,7-10,13H,6,11-12,14H2,1-2H3,(H,27,31)(H2,26,28,32). The quantitative estimate of drug-likeness (QED) is 0.463. The van der Waals surface area contributed by atoms with Crippen LogP contribution in [0.1, 0.15) is 28.9 Å². The van der Waals surface area contributed by atoms with Gasteiger partial charge in [0.1, 0.15) is 5.69 Å². The second kappa shape index (κ2) is 9.69. The smallest absolute Gasteiger partial charge is 0.329 e. The highest BCUT2D eigenvalue weighted by Gasteiger charge is 2.43. The summed E-state index contributed by atoms with van der Waals surface area (Å²) in [6, 6.07) is 13.5. The van der Waals surface area contributed by atoms with Gasteiger partial charge in [-0.25, -0.2) is 9.52 Å². The van der Waals surface area contributed by atoms with Crippen LogP contribution in [0.25, 0.3) is 10.9 Å². The summed E-state index contributed by atoms with van der Waals surface area (Å²) in [4.78, 5) is 25.3. The lowest BCUT2D eigenvalue weighted by Crippen LogP contribution is -2.59. The maximum absolute atomic E-state index is 13.6. The Hall–Kier alpha value is -2.79. The zero-order valence-corrected chi connectivity index (χ0v) is 21.5. The molecule has 2 aromatic carbocycles. The van der Waals surface area contributed by atoms with E-state index >= 15 is 0 Å². The van der Waals surface area contributed by atoms with Crippen molar-refractivity contribution in [2.75, 3.05) is 20.1 Å². The molecule has 1 aliphatic rings. The van der Waals surface area contributed by atoms with E-state index in [4.69, 9.17) is 23.2 Å². The predicted molar refractivity (Wildman–Crippen MR) is 136 cm³/mol. The Kier molecular flexibility index (Phi) is 7.01. The topological polar surface area (TPSA) is 113 Å². The number of benzene rings is 2. The van der Waals surface area contributed by atoms with E-state index in [2.05, 4.69) is 10.6 Å². The molecule has 0 spiro atoms. The lowest BCUT2D eigenvalue weighted by atomic mass is 9.82. The summed E-state index contributed by atoms with van der Waals surface area (Å²) in [6.45, 7) is 0.157. The van der Waals surface area contributed by atoms with Gasteiger partial charge in [-0.05, 0) is 36.6 Å². The number of piperidine rings is 1. The molecule has 0 saturated carbocycles. The molecular formula is C23H25Cl2N5O4S. The molecular weight excluding hydrogens is 513 g/mol. The maximum atomic E-state index is 13.6. The fourth-order valence-corrected chi connectivity index (χ4v) is 6.07. The molecule has 1 atom stereocenters. The van der Waals surface area contributed by atoms with Crippen molar-refractivity contribution in [1.82, 2.24) is 24.2 Å². The van der Waals surface area contributed by atoms with Gasteiger partial charge in [0, 0.05) is 38.1 Å². The number of carbonyl (C=O) groups is 2. The number of hydrogen-bond acceptors (Lipinski definition) is 4. The first-order valence-corrected chi connectivity index (χ1v) is 13.1. The number of aromatic nitrogens is 1. The van der Waals surface area contributed by atoms with Gasteiger partial charge in [0.2, 0.25) is 0 Å². The van der Waals surface area contributed by atoms with E-state index in [1.807, 2.05) is 35.1 Å². The molecule has 1 unspecified atom stereocenters. The number of urea groups is 1. The minimum atomic E-state index is -4.13. The highest BCUT2D eigenvalue weighted by molar-refractivity contribution is 7.87. The van der Waals surface area contributed by atoms with Gasteiger partial charge in [-0.2, -0.15) is 12.7 Å². The normalized spacial score (nSPS) is 18.9. The predicted octanol–water partition coefficient (Wildman–Crippen LogP) is 3.38. The number of amides is 3. The summed E-state index contributed by atoms with van der Waals surface area (Å²) in [5.74, 6) is -0.391. The Morgan fingerprint density at radius 1 is 1.09 bits per heavy atom. The molecule has 12 heteroatoms. The Labute approximate surface area is 213 Å². The number of hydrogen-bond donors (Lipinski definition) is 3. The van der Waals surface area contributed by atoms with Gasteiger partial charge in [0.25, 0.3) is 5.91 Å². The molecule has 3 N–H and O–H groups in total. The van der Waals surface area contributed by atoms with Gasteiger partial charge in [-0.15, -0.1) is 0 Å². The summed E-state index contributed by atoms with van der Waals surface area (Å²) in [7, 11) is -1.05.